The summed E-state index contributed by atoms with van der Waals surface area (Å²) in [5.41, 5.74) is 2.73. The van der Waals surface area contributed by atoms with Crippen LogP contribution in [0.5, 0.6) is 0 Å². The molecule has 2 N–H and O–H groups in total. The fourth-order valence-corrected chi connectivity index (χ4v) is 4.52. The molecule has 0 saturated heterocycles. The molecule has 2 amide bonds. The number of unbranched alkanes of at least 4 members (excludes halogenated alkanes) is 10. The number of hydrogen-bond donors (Lipinski definition) is 2. The normalized spacial score (nSPS) is 20.2. The maximum Gasteiger partial charge on any atom is 0.259 e. The van der Waals surface area contributed by atoms with Crippen molar-refractivity contribution in [3.8, 4) is 0 Å². The number of ketones is 1. The number of hydrazone groups is 1. The molecule has 0 aromatic carbocycles. The molecule has 33 heavy (non-hydrogen) atoms. The van der Waals surface area contributed by atoms with Crippen molar-refractivity contribution in [2.75, 3.05) is 6.54 Å². The molecule has 2 atom stereocenters. The van der Waals surface area contributed by atoms with Gasteiger partial charge >= 0.3 is 0 Å². The Hall–Kier alpha value is -2.18. The minimum Gasteiger partial charge on any atom is -0.496 e. The van der Waals surface area contributed by atoms with E-state index in [1.807, 2.05) is 0 Å². The van der Waals surface area contributed by atoms with Gasteiger partial charge in [0.2, 0.25) is 5.91 Å². The van der Waals surface area contributed by atoms with E-state index in [4.69, 9.17) is 4.74 Å². The van der Waals surface area contributed by atoms with Gasteiger partial charge in [-0.25, -0.2) is 5.43 Å². The minimum absolute atomic E-state index is 0.0199. The summed E-state index contributed by atoms with van der Waals surface area (Å²) < 4.78 is 5.65. The zero-order valence-electron chi connectivity index (χ0n) is 20.4. The molecule has 7 nitrogen and oxygen atoms in total. The number of nitrogens with zero attached hydrogens (tertiary/aromatic N) is 1. The average molecular weight is 462 g/mol. The minimum atomic E-state index is -0.418. The second-order valence-electron chi connectivity index (χ2n) is 9.36. The third-order valence-electron chi connectivity index (χ3n) is 6.54. The predicted molar refractivity (Wildman–Crippen MR) is 131 cm³/mol. The molecule has 1 aliphatic carbocycles. The molecule has 1 fully saturated rings. The maximum absolute atomic E-state index is 12.5. The number of rotatable bonds is 16. The Bertz CT molecular complexity index is 674. The first-order valence-corrected chi connectivity index (χ1v) is 13.1. The monoisotopic (exact) mass is 461 g/mol. The van der Waals surface area contributed by atoms with Gasteiger partial charge in [-0.2, -0.15) is 5.10 Å². The molecule has 0 bridgehead atoms. The van der Waals surface area contributed by atoms with Crippen molar-refractivity contribution in [2.24, 2.45) is 11.0 Å². The molecule has 2 aliphatic rings. The van der Waals surface area contributed by atoms with Crippen LogP contribution in [-0.4, -0.2) is 36.5 Å². The number of Topliss-reactive ketones (excluding diaryl/α,β-unsaturated/α-hetero) is 1. The second-order valence-corrected chi connectivity index (χ2v) is 9.36. The highest BCUT2D eigenvalue weighted by Gasteiger charge is 2.36. The van der Waals surface area contributed by atoms with E-state index in [0.29, 0.717) is 12.0 Å². The van der Waals surface area contributed by atoms with Crippen LogP contribution < -0.4 is 10.7 Å². The van der Waals surface area contributed by atoms with Crippen molar-refractivity contribution < 1.29 is 19.1 Å². The molecular weight excluding hydrogens is 418 g/mol. The molecule has 1 saturated carbocycles. The lowest BCUT2D eigenvalue weighted by molar-refractivity contribution is -0.126. The quantitative estimate of drug-likeness (QED) is 0.193. The molecular formula is C26H43N3O4. The van der Waals surface area contributed by atoms with Crippen LogP contribution in [0.1, 0.15) is 110 Å². The molecule has 1 heterocycles. The Morgan fingerprint density at radius 2 is 1.61 bits per heavy atom. The highest BCUT2D eigenvalue weighted by atomic mass is 16.5. The van der Waals surface area contributed by atoms with Gasteiger partial charge in [-0.05, 0) is 25.7 Å². The van der Waals surface area contributed by atoms with Gasteiger partial charge in [0, 0.05) is 6.42 Å². The first-order chi connectivity index (χ1) is 16.1. The Morgan fingerprint density at radius 3 is 2.30 bits per heavy atom. The van der Waals surface area contributed by atoms with Crippen LogP contribution in [0.2, 0.25) is 0 Å². The summed E-state index contributed by atoms with van der Waals surface area (Å²) in [6.45, 7) is 2.12. The first-order valence-electron chi connectivity index (χ1n) is 13.1. The second kappa shape index (κ2) is 16.4. The van der Waals surface area contributed by atoms with E-state index in [0.717, 1.165) is 44.9 Å². The molecule has 1 aliphatic heterocycles. The smallest absolute Gasteiger partial charge is 0.259 e. The average Bonchev–Trinajstić information content (AvgIpc) is 2.83. The van der Waals surface area contributed by atoms with Gasteiger partial charge in [-0.1, -0.05) is 77.6 Å². The number of carbonyl (C=O) groups is 3. The molecule has 186 valence electrons. The van der Waals surface area contributed by atoms with Gasteiger partial charge in [0.1, 0.15) is 6.10 Å². The van der Waals surface area contributed by atoms with E-state index in [2.05, 4.69) is 22.8 Å². The van der Waals surface area contributed by atoms with Crippen LogP contribution in [-0.2, 0) is 19.1 Å². The van der Waals surface area contributed by atoms with Crippen LogP contribution in [0.3, 0.4) is 0 Å². The Kier molecular flexibility index (Phi) is 13.5. The fourth-order valence-electron chi connectivity index (χ4n) is 4.52. The van der Waals surface area contributed by atoms with Gasteiger partial charge in [-0.15, -0.1) is 0 Å². The van der Waals surface area contributed by atoms with Crippen molar-refractivity contribution in [3.05, 3.63) is 11.8 Å². The topological polar surface area (TPSA) is 96.9 Å². The molecule has 0 aromatic heterocycles. The zero-order chi connectivity index (χ0) is 23.7. The van der Waals surface area contributed by atoms with Gasteiger partial charge in [0.15, 0.2) is 5.78 Å². The standard InChI is InChI=1S/C26H43N3O4/c1-2-3-4-5-6-7-8-9-10-11-12-17-24(30)27-19-25(31)29-28-18-21-20-33-23-16-14-13-15-22(23)26(21)32/h18,20,22-23H,2-17,19H2,1H3,(H,27,30)(H,29,31)/b28-18+. The molecule has 0 radical (unpaired) electrons. The largest absolute Gasteiger partial charge is 0.496 e. The summed E-state index contributed by atoms with van der Waals surface area (Å²) in [4.78, 5) is 36.3. The van der Waals surface area contributed by atoms with Crippen molar-refractivity contribution in [1.29, 1.82) is 0 Å². The van der Waals surface area contributed by atoms with E-state index in [1.165, 1.54) is 63.8 Å². The number of amides is 2. The number of nitrogens with one attached hydrogen (secondary N) is 2. The number of fused-ring (bicyclic) bond motifs is 1. The predicted octanol–water partition coefficient (Wildman–Crippen LogP) is 4.95. The van der Waals surface area contributed by atoms with Gasteiger partial charge < -0.3 is 10.1 Å². The van der Waals surface area contributed by atoms with E-state index in [1.54, 1.807) is 0 Å². The number of hydrogen-bond acceptors (Lipinski definition) is 5. The lowest BCUT2D eigenvalue weighted by Crippen LogP contribution is -2.37. The summed E-state index contributed by atoms with van der Waals surface area (Å²) >= 11 is 0. The van der Waals surface area contributed by atoms with Crippen LogP contribution in [0.15, 0.2) is 16.9 Å². The number of ether oxygens (including phenoxy) is 1. The summed E-state index contributed by atoms with van der Waals surface area (Å²) in [7, 11) is 0. The summed E-state index contributed by atoms with van der Waals surface area (Å²) in [6, 6.07) is 0. The first kappa shape index (κ1) is 27.1. The maximum atomic E-state index is 12.5. The molecule has 0 spiro atoms. The summed E-state index contributed by atoms with van der Waals surface area (Å²) in [6.07, 6.45) is 20.7. The van der Waals surface area contributed by atoms with Crippen molar-refractivity contribution >= 4 is 23.8 Å². The number of carbonyl (C=O) groups excluding carboxylic acids is 3. The van der Waals surface area contributed by atoms with Crippen LogP contribution >= 0.6 is 0 Å². The van der Waals surface area contributed by atoms with Gasteiger partial charge in [0.05, 0.1) is 30.5 Å². The fraction of sp³-hybridized carbons (Fsp3) is 0.769. The van der Waals surface area contributed by atoms with Crippen LogP contribution in [0.4, 0.5) is 0 Å². The molecule has 0 aromatic rings. The summed E-state index contributed by atoms with van der Waals surface area (Å²) in [5, 5.41) is 6.47. The van der Waals surface area contributed by atoms with E-state index >= 15 is 0 Å². The Morgan fingerprint density at radius 1 is 0.970 bits per heavy atom. The SMILES string of the molecule is CCCCCCCCCCCCCC(=O)NCC(=O)N/N=C/C1=COC2CCCCC2C1=O. The van der Waals surface area contributed by atoms with Crippen molar-refractivity contribution in [3.63, 3.8) is 0 Å². The van der Waals surface area contributed by atoms with Crippen LogP contribution in [0, 0.1) is 5.92 Å². The zero-order valence-corrected chi connectivity index (χ0v) is 20.4. The molecule has 2 unspecified atom stereocenters. The Labute approximate surface area is 199 Å². The van der Waals surface area contributed by atoms with Gasteiger partial charge in [-0.3, -0.25) is 14.4 Å². The molecule has 7 heteroatoms. The highest BCUT2D eigenvalue weighted by molar-refractivity contribution is 6.14. The summed E-state index contributed by atoms with van der Waals surface area (Å²) in [5.74, 6) is -0.606. The van der Waals surface area contributed by atoms with E-state index in [-0.39, 0.29) is 30.3 Å². The van der Waals surface area contributed by atoms with E-state index in [9.17, 15) is 14.4 Å². The van der Waals surface area contributed by atoms with Crippen LogP contribution in [0.25, 0.3) is 0 Å². The van der Waals surface area contributed by atoms with Gasteiger partial charge in [0.25, 0.3) is 5.91 Å². The van der Waals surface area contributed by atoms with Crippen molar-refractivity contribution in [2.45, 2.75) is 116 Å². The molecule has 2 rings (SSSR count). The third-order valence-corrected chi connectivity index (χ3v) is 6.54. The Balaban J connectivity index is 1.47. The van der Waals surface area contributed by atoms with E-state index < -0.39 is 5.91 Å². The van der Waals surface area contributed by atoms with Crippen molar-refractivity contribution in [1.82, 2.24) is 10.7 Å². The highest BCUT2D eigenvalue weighted by Crippen LogP contribution is 2.32. The third kappa shape index (κ3) is 11.0. The lowest BCUT2D eigenvalue weighted by Gasteiger charge is -2.33. The lowest BCUT2D eigenvalue weighted by atomic mass is 9.80. The number of allylic oxidation sites excluding steroid dienone is 1.